The van der Waals surface area contributed by atoms with Gasteiger partial charge in [0.2, 0.25) is 0 Å². The van der Waals surface area contributed by atoms with Gasteiger partial charge in [0, 0.05) is 25.7 Å². The van der Waals surface area contributed by atoms with Crippen LogP contribution in [0.1, 0.15) is 46.0 Å². The van der Waals surface area contributed by atoms with Crippen molar-refractivity contribution >= 4 is 17.5 Å². The molecule has 0 fully saturated rings. The summed E-state index contributed by atoms with van der Waals surface area (Å²) in [6.07, 6.45) is 1.29. The highest BCUT2D eigenvalue weighted by Crippen LogP contribution is 2.02. The molecule has 0 radical (unpaired) electrons. The summed E-state index contributed by atoms with van der Waals surface area (Å²) >= 11 is 0. The topological polar surface area (TPSA) is 60.4 Å². The van der Waals surface area contributed by atoms with E-state index in [0.717, 1.165) is 0 Å². The van der Waals surface area contributed by atoms with E-state index < -0.39 is 0 Å². The molecule has 0 amide bonds. The Bertz CT molecular complexity index is 233. The van der Waals surface area contributed by atoms with Gasteiger partial charge in [-0.1, -0.05) is 6.92 Å². The smallest absolute Gasteiger partial charge is 0.306 e. The standard InChI is InChI=1S/C11H18O4/c1-3-9(12)5-6-10(13)7-8-11(14)15-4-2/h3-8H2,1-2H3. The van der Waals surface area contributed by atoms with E-state index in [0.29, 0.717) is 13.0 Å². The number of hydrogen-bond donors (Lipinski definition) is 0. The predicted molar refractivity (Wildman–Crippen MR) is 55.4 cm³/mol. The maximum Gasteiger partial charge on any atom is 0.306 e. The molecule has 0 heterocycles. The molecule has 0 spiro atoms. The van der Waals surface area contributed by atoms with Crippen molar-refractivity contribution in [2.75, 3.05) is 6.61 Å². The molecule has 0 aromatic carbocycles. The van der Waals surface area contributed by atoms with E-state index in [1.165, 1.54) is 0 Å². The first-order chi connectivity index (χ1) is 7.10. The molecule has 0 aliphatic heterocycles. The van der Waals surface area contributed by atoms with Gasteiger partial charge in [-0.15, -0.1) is 0 Å². The third-order valence-corrected chi connectivity index (χ3v) is 1.99. The van der Waals surface area contributed by atoms with Crippen LogP contribution >= 0.6 is 0 Å². The Morgan fingerprint density at radius 2 is 1.40 bits per heavy atom. The van der Waals surface area contributed by atoms with Crippen LogP contribution in [0.3, 0.4) is 0 Å². The second-order valence-electron chi connectivity index (χ2n) is 3.24. The van der Waals surface area contributed by atoms with Gasteiger partial charge in [0.25, 0.3) is 0 Å². The average molecular weight is 214 g/mol. The van der Waals surface area contributed by atoms with Gasteiger partial charge in [0.15, 0.2) is 0 Å². The first kappa shape index (κ1) is 13.8. The number of carbonyl (C=O) groups is 3. The average Bonchev–Trinajstić information content (AvgIpc) is 2.23. The molecular weight excluding hydrogens is 196 g/mol. The van der Waals surface area contributed by atoms with Crippen LogP contribution in [0.15, 0.2) is 0 Å². The minimum absolute atomic E-state index is 0.0511. The van der Waals surface area contributed by atoms with Crippen LogP contribution in [-0.4, -0.2) is 24.1 Å². The van der Waals surface area contributed by atoms with Crippen molar-refractivity contribution in [1.29, 1.82) is 0 Å². The number of carbonyl (C=O) groups excluding carboxylic acids is 3. The van der Waals surface area contributed by atoms with E-state index in [2.05, 4.69) is 4.74 Å². The molecule has 15 heavy (non-hydrogen) atoms. The van der Waals surface area contributed by atoms with Gasteiger partial charge in [-0.3, -0.25) is 14.4 Å². The summed E-state index contributed by atoms with van der Waals surface area (Å²) in [5.74, 6) is -0.322. The van der Waals surface area contributed by atoms with Crippen molar-refractivity contribution in [3.63, 3.8) is 0 Å². The fourth-order valence-electron chi connectivity index (χ4n) is 1.06. The lowest BCUT2D eigenvalue weighted by atomic mass is 10.1. The summed E-state index contributed by atoms with van der Waals surface area (Å²) in [6, 6.07) is 0. The molecule has 0 bridgehead atoms. The van der Waals surface area contributed by atoms with Gasteiger partial charge < -0.3 is 4.74 Å². The van der Waals surface area contributed by atoms with Gasteiger partial charge in [-0.05, 0) is 6.92 Å². The zero-order chi connectivity index (χ0) is 11.7. The van der Waals surface area contributed by atoms with Crippen molar-refractivity contribution in [2.24, 2.45) is 0 Å². The van der Waals surface area contributed by atoms with E-state index in [9.17, 15) is 14.4 Å². The number of ether oxygens (including phenoxy) is 1. The highest BCUT2D eigenvalue weighted by atomic mass is 16.5. The van der Waals surface area contributed by atoms with Crippen LogP contribution in [-0.2, 0) is 19.1 Å². The van der Waals surface area contributed by atoms with E-state index in [-0.39, 0.29) is 43.2 Å². The van der Waals surface area contributed by atoms with Crippen LogP contribution < -0.4 is 0 Å². The van der Waals surface area contributed by atoms with E-state index in [1.54, 1.807) is 13.8 Å². The van der Waals surface area contributed by atoms with Crippen molar-refractivity contribution in [3.05, 3.63) is 0 Å². The van der Waals surface area contributed by atoms with Crippen LogP contribution in [0.5, 0.6) is 0 Å². The van der Waals surface area contributed by atoms with Gasteiger partial charge in [-0.2, -0.15) is 0 Å². The Balaban J connectivity index is 3.57. The second kappa shape index (κ2) is 8.15. The molecule has 0 rings (SSSR count). The van der Waals surface area contributed by atoms with Crippen molar-refractivity contribution in [1.82, 2.24) is 0 Å². The molecule has 0 saturated carbocycles. The summed E-state index contributed by atoms with van der Waals surface area (Å²) < 4.78 is 4.68. The monoisotopic (exact) mass is 214 g/mol. The molecule has 0 N–H and O–H groups in total. The minimum Gasteiger partial charge on any atom is -0.466 e. The number of hydrogen-bond acceptors (Lipinski definition) is 4. The molecule has 0 aromatic heterocycles. The van der Waals surface area contributed by atoms with Crippen LogP contribution in [0, 0.1) is 0 Å². The molecule has 0 aliphatic rings. The Morgan fingerprint density at radius 1 is 0.867 bits per heavy atom. The van der Waals surface area contributed by atoms with Crippen molar-refractivity contribution < 1.29 is 19.1 Å². The Kier molecular flexibility index (Phi) is 7.50. The third kappa shape index (κ3) is 7.85. The summed E-state index contributed by atoms with van der Waals surface area (Å²) in [7, 11) is 0. The Hall–Kier alpha value is -1.19. The molecule has 4 heteroatoms. The molecule has 0 unspecified atom stereocenters. The molecule has 0 atom stereocenters. The lowest BCUT2D eigenvalue weighted by Crippen LogP contribution is -2.08. The summed E-state index contributed by atoms with van der Waals surface area (Å²) in [5.41, 5.74) is 0. The normalized spacial score (nSPS) is 9.73. The molecule has 86 valence electrons. The second-order valence-corrected chi connectivity index (χ2v) is 3.24. The van der Waals surface area contributed by atoms with Crippen LogP contribution in [0.2, 0.25) is 0 Å². The molecule has 0 aromatic rings. The molecule has 0 aliphatic carbocycles. The molecular formula is C11H18O4. The highest BCUT2D eigenvalue weighted by molar-refractivity contribution is 5.87. The van der Waals surface area contributed by atoms with E-state index >= 15 is 0 Å². The fraction of sp³-hybridized carbons (Fsp3) is 0.727. The lowest BCUT2D eigenvalue weighted by molar-refractivity contribution is -0.144. The summed E-state index contributed by atoms with van der Waals surface area (Å²) in [5, 5.41) is 0. The van der Waals surface area contributed by atoms with Gasteiger partial charge in [-0.25, -0.2) is 0 Å². The van der Waals surface area contributed by atoms with E-state index in [1.807, 2.05) is 0 Å². The zero-order valence-corrected chi connectivity index (χ0v) is 9.38. The maximum atomic E-state index is 11.2. The molecule has 4 nitrogen and oxygen atoms in total. The lowest BCUT2D eigenvalue weighted by Gasteiger charge is -2.01. The van der Waals surface area contributed by atoms with Gasteiger partial charge in [0.1, 0.15) is 11.6 Å². The SMILES string of the molecule is CCOC(=O)CCC(=O)CCC(=O)CC. The van der Waals surface area contributed by atoms with Crippen LogP contribution in [0.25, 0.3) is 0 Å². The number of rotatable bonds is 8. The van der Waals surface area contributed by atoms with Crippen molar-refractivity contribution in [2.45, 2.75) is 46.0 Å². The van der Waals surface area contributed by atoms with E-state index in [4.69, 9.17) is 0 Å². The summed E-state index contributed by atoms with van der Waals surface area (Å²) in [4.78, 5) is 33.0. The van der Waals surface area contributed by atoms with Gasteiger partial charge in [0.05, 0.1) is 13.0 Å². The highest BCUT2D eigenvalue weighted by Gasteiger charge is 2.09. The maximum absolute atomic E-state index is 11.2. The van der Waals surface area contributed by atoms with Crippen molar-refractivity contribution in [3.8, 4) is 0 Å². The molecule has 0 saturated heterocycles. The van der Waals surface area contributed by atoms with Crippen LogP contribution in [0.4, 0.5) is 0 Å². The number of ketones is 2. The predicted octanol–water partition coefficient (Wildman–Crippen LogP) is 1.66. The Labute approximate surface area is 90.0 Å². The zero-order valence-electron chi connectivity index (χ0n) is 9.38. The fourth-order valence-corrected chi connectivity index (χ4v) is 1.06. The number of Topliss-reactive ketones (excluding diaryl/α,β-unsaturated/α-hetero) is 2. The largest absolute Gasteiger partial charge is 0.466 e. The first-order valence-electron chi connectivity index (χ1n) is 5.29. The quantitative estimate of drug-likeness (QED) is 0.576. The Morgan fingerprint density at radius 3 is 1.93 bits per heavy atom. The minimum atomic E-state index is -0.354. The number of esters is 1. The third-order valence-electron chi connectivity index (χ3n) is 1.99. The first-order valence-corrected chi connectivity index (χ1v) is 5.29. The summed E-state index contributed by atoms with van der Waals surface area (Å²) in [6.45, 7) is 3.83. The van der Waals surface area contributed by atoms with Gasteiger partial charge >= 0.3 is 5.97 Å².